The molecule has 0 bridgehead atoms. The molecule has 2 nitrogen and oxygen atoms in total. The maximum Gasteiger partial charge on any atom is 0.0700 e. The van der Waals surface area contributed by atoms with Crippen molar-refractivity contribution in [3.8, 4) is 0 Å². The highest BCUT2D eigenvalue weighted by atomic mass is 32.1. The summed E-state index contributed by atoms with van der Waals surface area (Å²) in [4.78, 5) is 2.64. The van der Waals surface area contributed by atoms with E-state index in [0.29, 0.717) is 11.5 Å². The molecule has 18 heavy (non-hydrogen) atoms. The van der Waals surface area contributed by atoms with Gasteiger partial charge in [-0.25, -0.2) is 0 Å². The molecule has 0 aromatic rings. The van der Waals surface area contributed by atoms with Crippen LogP contribution in [0.15, 0.2) is 0 Å². The van der Waals surface area contributed by atoms with Crippen LogP contribution >= 0.6 is 12.6 Å². The highest BCUT2D eigenvalue weighted by Crippen LogP contribution is 2.37. The molecule has 0 amide bonds. The minimum Gasteiger partial charge on any atom is -0.376 e. The number of rotatable bonds is 4. The Morgan fingerprint density at radius 2 is 1.94 bits per heavy atom. The Kier molecular flexibility index (Phi) is 5.84. The van der Waals surface area contributed by atoms with Crippen LogP contribution in [0.5, 0.6) is 0 Å². The number of morpholine rings is 1. The van der Waals surface area contributed by atoms with Crippen LogP contribution in [0.1, 0.15) is 51.9 Å². The summed E-state index contributed by atoms with van der Waals surface area (Å²) in [5.74, 6) is 1.06. The van der Waals surface area contributed by atoms with Gasteiger partial charge in [-0.15, -0.1) is 0 Å². The summed E-state index contributed by atoms with van der Waals surface area (Å²) < 4.78 is 5.78. The van der Waals surface area contributed by atoms with Crippen LogP contribution in [-0.4, -0.2) is 43.0 Å². The van der Waals surface area contributed by atoms with Gasteiger partial charge in [0.25, 0.3) is 0 Å². The summed E-state index contributed by atoms with van der Waals surface area (Å²) in [5, 5.41) is 0. The largest absolute Gasteiger partial charge is 0.376 e. The summed E-state index contributed by atoms with van der Waals surface area (Å²) in [6.45, 7) is 6.64. The lowest BCUT2D eigenvalue weighted by Crippen LogP contribution is -2.47. The number of nitrogens with zero attached hydrogens (tertiary/aromatic N) is 1. The summed E-state index contributed by atoms with van der Waals surface area (Å²) >= 11 is 4.68. The zero-order valence-electron chi connectivity index (χ0n) is 11.9. The highest BCUT2D eigenvalue weighted by molar-refractivity contribution is 7.80. The normalized spacial score (nSPS) is 30.0. The predicted molar refractivity (Wildman–Crippen MR) is 80.5 cm³/mol. The lowest BCUT2D eigenvalue weighted by Gasteiger charge is -2.40. The van der Waals surface area contributed by atoms with Gasteiger partial charge < -0.3 is 4.74 Å². The number of thiol groups is 1. The van der Waals surface area contributed by atoms with Crippen molar-refractivity contribution in [2.24, 2.45) is 5.41 Å². The van der Waals surface area contributed by atoms with Gasteiger partial charge in [0.1, 0.15) is 0 Å². The van der Waals surface area contributed by atoms with Gasteiger partial charge in [-0.2, -0.15) is 12.6 Å². The molecule has 1 unspecified atom stereocenters. The fraction of sp³-hybridized carbons (Fsp3) is 1.00. The van der Waals surface area contributed by atoms with E-state index in [4.69, 9.17) is 4.74 Å². The van der Waals surface area contributed by atoms with Crippen LogP contribution in [0.3, 0.4) is 0 Å². The van der Waals surface area contributed by atoms with Gasteiger partial charge in [0.15, 0.2) is 0 Å². The molecule has 1 atom stereocenters. The van der Waals surface area contributed by atoms with Crippen molar-refractivity contribution < 1.29 is 4.74 Å². The van der Waals surface area contributed by atoms with E-state index in [1.54, 1.807) is 0 Å². The third-order valence-corrected chi connectivity index (χ3v) is 5.41. The van der Waals surface area contributed by atoms with E-state index in [2.05, 4.69) is 24.5 Å². The molecule has 2 aliphatic rings. The molecule has 0 N–H and O–H groups in total. The zero-order valence-corrected chi connectivity index (χ0v) is 12.8. The highest BCUT2D eigenvalue weighted by Gasteiger charge is 2.33. The fourth-order valence-electron chi connectivity index (χ4n) is 3.49. The first kappa shape index (κ1) is 14.7. The third kappa shape index (κ3) is 3.88. The maximum absolute atomic E-state index is 5.78. The van der Waals surface area contributed by atoms with Crippen molar-refractivity contribution in [3.63, 3.8) is 0 Å². The van der Waals surface area contributed by atoms with Crippen molar-refractivity contribution in [1.29, 1.82) is 0 Å². The van der Waals surface area contributed by atoms with Crippen LogP contribution in [0, 0.1) is 5.41 Å². The third-order valence-electron chi connectivity index (χ3n) is 4.74. The van der Waals surface area contributed by atoms with Crippen molar-refractivity contribution in [3.05, 3.63) is 0 Å². The van der Waals surface area contributed by atoms with Gasteiger partial charge in [0.2, 0.25) is 0 Å². The predicted octanol–water partition coefficient (Wildman–Crippen LogP) is 3.37. The van der Waals surface area contributed by atoms with Crippen molar-refractivity contribution in [2.75, 3.05) is 32.0 Å². The van der Waals surface area contributed by atoms with E-state index in [0.717, 1.165) is 31.9 Å². The summed E-state index contributed by atoms with van der Waals surface area (Å²) in [6.07, 6.45) is 10.0. The Balaban J connectivity index is 1.91. The fourth-order valence-corrected chi connectivity index (χ4v) is 3.91. The second-order valence-electron chi connectivity index (χ2n) is 6.21. The second-order valence-corrected chi connectivity index (χ2v) is 6.52. The van der Waals surface area contributed by atoms with Gasteiger partial charge >= 0.3 is 0 Å². The standard InChI is InChI=1S/C15H29NOS/c1-2-14-11-16(9-10-17-14)12-15(13-18)7-5-3-4-6-8-15/h14,18H,2-13H2,1H3. The number of hydrogen-bond acceptors (Lipinski definition) is 3. The van der Waals surface area contributed by atoms with Gasteiger partial charge in [0, 0.05) is 19.6 Å². The van der Waals surface area contributed by atoms with Crippen molar-refractivity contribution >= 4 is 12.6 Å². The van der Waals surface area contributed by atoms with Gasteiger partial charge in [-0.3, -0.25) is 4.90 Å². The molecule has 2 fully saturated rings. The molecular weight excluding hydrogens is 242 g/mol. The molecule has 0 spiro atoms. The Morgan fingerprint density at radius 1 is 1.22 bits per heavy atom. The van der Waals surface area contributed by atoms with Crippen molar-refractivity contribution in [1.82, 2.24) is 4.90 Å². The Morgan fingerprint density at radius 3 is 2.56 bits per heavy atom. The monoisotopic (exact) mass is 271 g/mol. The van der Waals surface area contributed by atoms with E-state index in [1.807, 2.05) is 0 Å². The van der Waals surface area contributed by atoms with Gasteiger partial charge in [-0.1, -0.05) is 32.6 Å². The van der Waals surface area contributed by atoms with E-state index in [-0.39, 0.29) is 0 Å². The molecule has 1 saturated carbocycles. The molecule has 2 rings (SSSR count). The minimum absolute atomic E-state index is 0.460. The molecule has 106 valence electrons. The van der Waals surface area contributed by atoms with Crippen LogP contribution in [0.2, 0.25) is 0 Å². The first-order chi connectivity index (χ1) is 8.78. The van der Waals surface area contributed by atoms with Crippen LogP contribution in [0.25, 0.3) is 0 Å². The second kappa shape index (κ2) is 7.16. The summed E-state index contributed by atoms with van der Waals surface area (Å²) in [6, 6.07) is 0. The van der Waals surface area contributed by atoms with Gasteiger partial charge in [0.05, 0.1) is 12.7 Å². The molecular formula is C15H29NOS. The zero-order chi connectivity index (χ0) is 12.8. The van der Waals surface area contributed by atoms with Crippen LogP contribution in [-0.2, 0) is 4.74 Å². The van der Waals surface area contributed by atoms with E-state index >= 15 is 0 Å². The Hall–Kier alpha value is 0.270. The molecule has 0 aromatic heterocycles. The quantitative estimate of drug-likeness (QED) is 0.622. The Labute approximate surface area is 118 Å². The molecule has 1 heterocycles. The first-order valence-electron chi connectivity index (χ1n) is 7.73. The SMILES string of the molecule is CCC1CN(CC2(CS)CCCCCC2)CCO1. The Bertz CT molecular complexity index is 239. The number of ether oxygens (including phenoxy) is 1. The maximum atomic E-state index is 5.78. The summed E-state index contributed by atoms with van der Waals surface area (Å²) in [5.41, 5.74) is 0.481. The average Bonchev–Trinajstić information content (AvgIpc) is 2.65. The first-order valence-corrected chi connectivity index (χ1v) is 8.36. The smallest absolute Gasteiger partial charge is 0.0700 e. The lowest BCUT2D eigenvalue weighted by atomic mass is 9.81. The van der Waals surface area contributed by atoms with Crippen LogP contribution < -0.4 is 0 Å². The van der Waals surface area contributed by atoms with Crippen LogP contribution in [0.4, 0.5) is 0 Å². The topological polar surface area (TPSA) is 12.5 Å². The average molecular weight is 271 g/mol. The molecule has 0 aromatic carbocycles. The van der Waals surface area contributed by atoms with Crippen molar-refractivity contribution in [2.45, 2.75) is 58.0 Å². The number of hydrogen-bond donors (Lipinski definition) is 1. The molecule has 0 radical (unpaired) electrons. The molecule has 1 aliphatic carbocycles. The van der Waals surface area contributed by atoms with Gasteiger partial charge in [-0.05, 0) is 30.4 Å². The van der Waals surface area contributed by atoms with E-state index in [9.17, 15) is 0 Å². The van der Waals surface area contributed by atoms with E-state index < -0.39 is 0 Å². The molecule has 1 saturated heterocycles. The molecule has 3 heteroatoms. The molecule has 1 aliphatic heterocycles. The summed E-state index contributed by atoms with van der Waals surface area (Å²) in [7, 11) is 0. The van der Waals surface area contributed by atoms with E-state index in [1.165, 1.54) is 45.1 Å². The lowest BCUT2D eigenvalue weighted by molar-refractivity contribution is -0.0418. The minimum atomic E-state index is 0.460.